The molecule has 1 atom stereocenters. The van der Waals surface area contributed by atoms with Gasteiger partial charge in [-0.3, -0.25) is 4.79 Å². The van der Waals surface area contributed by atoms with Crippen LogP contribution in [0.4, 0.5) is 18.9 Å². The fourth-order valence-corrected chi connectivity index (χ4v) is 3.87. The number of anilines is 1. The smallest absolute Gasteiger partial charge is 0.422 e. The van der Waals surface area contributed by atoms with E-state index >= 15 is 0 Å². The summed E-state index contributed by atoms with van der Waals surface area (Å²) in [5.41, 5.74) is 3.23. The van der Waals surface area contributed by atoms with Gasteiger partial charge in [0.1, 0.15) is 12.7 Å². The van der Waals surface area contributed by atoms with Crippen LogP contribution in [0.1, 0.15) is 30.5 Å². The quantitative estimate of drug-likeness (QED) is 0.572. The van der Waals surface area contributed by atoms with Crippen LogP contribution in [0.15, 0.2) is 36.4 Å². The number of nitrogens with zero attached hydrogens (tertiary/aromatic N) is 2. The van der Waals surface area contributed by atoms with E-state index in [1.54, 1.807) is 23.1 Å². The van der Waals surface area contributed by atoms with Crippen LogP contribution in [-0.4, -0.2) is 44.4 Å². The molecule has 0 saturated carbocycles. The molecule has 0 aliphatic carbocycles. The van der Waals surface area contributed by atoms with Crippen molar-refractivity contribution in [3.8, 4) is 17.6 Å². The molecule has 1 aliphatic heterocycles. The molecule has 0 unspecified atom stereocenters. The number of ether oxygens (including phenoxy) is 2. The highest BCUT2D eigenvalue weighted by Crippen LogP contribution is 2.33. The van der Waals surface area contributed by atoms with Gasteiger partial charge in [0.25, 0.3) is 0 Å². The molecule has 2 aromatic carbocycles. The zero-order valence-corrected chi connectivity index (χ0v) is 18.5. The Kier molecular flexibility index (Phi) is 7.82. The summed E-state index contributed by atoms with van der Waals surface area (Å²) in [6.07, 6.45) is -3.02. The van der Waals surface area contributed by atoms with Crippen LogP contribution in [0.5, 0.6) is 11.5 Å². The number of alkyl halides is 3. The molecule has 176 valence electrons. The molecule has 0 saturated heterocycles. The van der Waals surface area contributed by atoms with Crippen LogP contribution in [0, 0.1) is 11.3 Å². The lowest BCUT2D eigenvalue weighted by Gasteiger charge is -2.18. The van der Waals surface area contributed by atoms with Crippen LogP contribution < -0.4 is 19.7 Å². The average Bonchev–Trinajstić information content (AvgIpc) is 3.19. The first kappa shape index (κ1) is 24.4. The number of amides is 1. The van der Waals surface area contributed by atoms with Crippen molar-refractivity contribution in [2.75, 3.05) is 31.2 Å². The second kappa shape index (κ2) is 10.6. The summed E-state index contributed by atoms with van der Waals surface area (Å²) in [7, 11) is 0. The van der Waals surface area contributed by atoms with Crippen molar-refractivity contribution in [3.05, 3.63) is 53.1 Å². The van der Waals surface area contributed by atoms with Crippen molar-refractivity contribution in [1.82, 2.24) is 5.32 Å². The van der Waals surface area contributed by atoms with Gasteiger partial charge in [-0.15, -0.1) is 0 Å². The molecule has 0 fully saturated rings. The minimum atomic E-state index is -4.42. The molecule has 6 nitrogen and oxygen atoms in total. The van der Waals surface area contributed by atoms with Gasteiger partial charge in [0.05, 0.1) is 11.3 Å². The van der Waals surface area contributed by atoms with Crippen LogP contribution in [-0.2, 0) is 17.6 Å². The van der Waals surface area contributed by atoms with Gasteiger partial charge in [0.2, 0.25) is 5.91 Å². The highest BCUT2D eigenvalue weighted by molar-refractivity contribution is 5.95. The molecule has 0 bridgehead atoms. The normalized spacial score (nSPS) is 13.9. The summed E-state index contributed by atoms with van der Waals surface area (Å²) in [6, 6.07) is 12.4. The summed E-state index contributed by atoms with van der Waals surface area (Å²) >= 11 is 0. The number of carbonyl (C=O) groups excluding carboxylic acids is 1. The molecule has 1 aliphatic rings. The summed E-state index contributed by atoms with van der Waals surface area (Å²) in [5, 5.41) is 12.9. The number of benzene rings is 2. The maximum atomic E-state index is 12.4. The van der Waals surface area contributed by atoms with Gasteiger partial charge in [-0.05, 0) is 49.1 Å². The van der Waals surface area contributed by atoms with Gasteiger partial charge >= 0.3 is 6.18 Å². The molecular weight excluding hydrogens is 435 g/mol. The number of hydrogen-bond donors (Lipinski definition) is 1. The minimum absolute atomic E-state index is 0.0460. The van der Waals surface area contributed by atoms with Crippen molar-refractivity contribution < 1.29 is 27.4 Å². The number of hydrogen-bond acceptors (Lipinski definition) is 5. The van der Waals surface area contributed by atoms with Crippen LogP contribution in [0.3, 0.4) is 0 Å². The number of rotatable bonds is 9. The molecule has 1 amide bonds. The molecule has 1 heterocycles. The molecule has 0 aromatic heterocycles. The van der Waals surface area contributed by atoms with Gasteiger partial charge in [0, 0.05) is 26.1 Å². The molecule has 2 aromatic rings. The average molecular weight is 461 g/mol. The second-order valence-electron chi connectivity index (χ2n) is 7.94. The van der Waals surface area contributed by atoms with Gasteiger partial charge in [-0.25, -0.2) is 0 Å². The monoisotopic (exact) mass is 461 g/mol. The van der Waals surface area contributed by atoms with Gasteiger partial charge in [-0.2, -0.15) is 18.4 Å². The molecule has 33 heavy (non-hydrogen) atoms. The van der Waals surface area contributed by atoms with Crippen molar-refractivity contribution in [1.29, 1.82) is 5.26 Å². The van der Waals surface area contributed by atoms with Gasteiger partial charge in [-0.1, -0.05) is 18.2 Å². The second-order valence-corrected chi connectivity index (χ2v) is 7.94. The van der Waals surface area contributed by atoms with E-state index in [1.807, 2.05) is 19.1 Å². The Balaban J connectivity index is 1.52. The molecule has 0 spiro atoms. The van der Waals surface area contributed by atoms with Crippen LogP contribution in [0.2, 0.25) is 0 Å². The van der Waals surface area contributed by atoms with E-state index in [0.717, 1.165) is 17.5 Å². The number of nitriles is 1. The van der Waals surface area contributed by atoms with E-state index in [4.69, 9.17) is 9.47 Å². The summed E-state index contributed by atoms with van der Waals surface area (Å²) < 4.78 is 47.7. The van der Waals surface area contributed by atoms with Gasteiger partial charge < -0.3 is 19.7 Å². The third-order valence-electron chi connectivity index (χ3n) is 5.26. The standard InChI is InChI=1S/C24H26F3N3O3/c1-16(11-18-12-19-7-9-30(17(2)31)23(19)20(13-18)14-28)29-8-10-32-21-5-3-4-6-22(21)33-15-24(25,26)27/h3-6,12-13,16,29H,7-11,15H2,1-2H3/t16-/m1/s1. The summed E-state index contributed by atoms with van der Waals surface area (Å²) in [6.45, 7) is 3.43. The van der Waals surface area contributed by atoms with Crippen molar-refractivity contribution in [2.24, 2.45) is 0 Å². The maximum absolute atomic E-state index is 12.4. The molecule has 0 radical (unpaired) electrons. The Morgan fingerprint density at radius 3 is 2.58 bits per heavy atom. The van der Waals surface area contributed by atoms with Crippen molar-refractivity contribution >= 4 is 11.6 Å². The molecule has 3 rings (SSSR count). The Morgan fingerprint density at radius 1 is 1.24 bits per heavy atom. The Morgan fingerprint density at radius 2 is 1.94 bits per heavy atom. The van der Waals surface area contributed by atoms with E-state index < -0.39 is 12.8 Å². The lowest BCUT2D eigenvalue weighted by Crippen LogP contribution is -2.32. The lowest BCUT2D eigenvalue weighted by atomic mass is 9.99. The number of para-hydroxylation sites is 2. The highest BCUT2D eigenvalue weighted by Gasteiger charge is 2.29. The van der Waals surface area contributed by atoms with E-state index in [2.05, 4.69) is 11.4 Å². The third-order valence-corrected chi connectivity index (χ3v) is 5.26. The first-order valence-electron chi connectivity index (χ1n) is 10.7. The number of carbonyl (C=O) groups is 1. The van der Waals surface area contributed by atoms with Crippen molar-refractivity contribution in [3.63, 3.8) is 0 Å². The lowest BCUT2D eigenvalue weighted by molar-refractivity contribution is -0.153. The Bertz CT molecular complexity index is 1030. The minimum Gasteiger partial charge on any atom is -0.488 e. The number of nitrogens with one attached hydrogen (secondary N) is 1. The first-order valence-corrected chi connectivity index (χ1v) is 10.7. The predicted molar refractivity (Wildman–Crippen MR) is 118 cm³/mol. The molecular formula is C24H26F3N3O3. The fourth-order valence-electron chi connectivity index (χ4n) is 3.87. The zero-order valence-electron chi connectivity index (χ0n) is 18.5. The molecule has 9 heteroatoms. The first-order chi connectivity index (χ1) is 15.7. The topological polar surface area (TPSA) is 74.6 Å². The Hall–Kier alpha value is -3.25. The maximum Gasteiger partial charge on any atom is 0.422 e. The van der Waals surface area contributed by atoms with E-state index in [-0.39, 0.29) is 30.1 Å². The zero-order chi connectivity index (χ0) is 24.0. The predicted octanol–water partition coefficient (Wildman–Crippen LogP) is 4.01. The molecule has 1 N–H and O–H groups in total. The highest BCUT2D eigenvalue weighted by atomic mass is 19.4. The number of halogens is 3. The fraction of sp³-hybridized carbons (Fsp3) is 0.417. The van der Waals surface area contributed by atoms with E-state index in [1.165, 1.54) is 13.0 Å². The number of fused-ring (bicyclic) bond motifs is 1. The summed E-state index contributed by atoms with van der Waals surface area (Å²) in [5.74, 6) is 0.228. The summed E-state index contributed by atoms with van der Waals surface area (Å²) in [4.78, 5) is 13.5. The Labute approximate surface area is 190 Å². The van der Waals surface area contributed by atoms with E-state index in [9.17, 15) is 23.2 Å². The SMILES string of the molecule is CC(=O)N1CCc2cc(C[C@@H](C)NCCOc3ccccc3OCC(F)(F)F)cc(C#N)c21. The van der Waals surface area contributed by atoms with Crippen molar-refractivity contribution in [2.45, 2.75) is 38.9 Å². The largest absolute Gasteiger partial charge is 0.488 e. The van der Waals surface area contributed by atoms with Gasteiger partial charge in [0.15, 0.2) is 18.1 Å². The van der Waals surface area contributed by atoms with Crippen LogP contribution in [0.25, 0.3) is 0 Å². The van der Waals surface area contributed by atoms with E-state index in [0.29, 0.717) is 30.8 Å². The third kappa shape index (κ3) is 6.62. The van der Waals surface area contributed by atoms with Crippen LogP contribution >= 0.6 is 0 Å².